The summed E-state index contributed by atoms with van der Waals surface area (Å²) in [5, 5.41) is 3.60. The van der Waals surface area contributed by atoms with E-state index >= 15 is 0 Å². The van der Waals surface area contributed by atoms with Crippen LogP contribution in [0.2, 0.25) is 0 Å². The molecule has 106 valence electrons. The third-order valence-electron chi connectivity index (χ3n) is 3.82. The lowest BCUT2D eigenvalue weighted by molar-refractivity contribution is 0.0540. The number of aryl methyl sites for hydroxylation is 1. The van der Waals surface area contributed by atoms with Crippen molar-refractivity contribution in [2.75, 3.05) is 26.9 Å². The maximum Gasteiger partial charge on any atom is 0.123 e. The van der Waals surface area contributed by atoms with Gasteiger partial charge in [0.15, 0.2) is 0 Å². The van der Waals surface area contributed by atoms with Crippen LogP contribution in [-0.4, -0.2) is 26.9 Å². The van der Waals surface area contributed by atoms with Crippen LogP contribution in [0, 0.1) is 12.8 Å². The van der Waals surface area contributed by atoms with Gasteiger partial charge in [-0.05, 0) is 44.2 Å². The van der Waals surface area contributed by atoms with Gasteiger partial charge in [-0.2, -0.15) is 0 Å². The zero-order valence-corrected chi connectivity index (χ0v) is 12.2. The van der Waals surface area contributed by atoms with E-state index in [1.54, 1.807) is 7.11 Å². The number of nitrogens with one attached hydrogen (secondary N) is 1. The van der Waals surface area contributed by atoms with Crippen molar-refractivity contribution in [1.29, 1.82) is 0 Å². The Morgan fingerprint density at radius 3 is 3.00 bits per heavy atom. The summed E-state index contributed by atoms with van der Waals surface area (Å²) in [6.07, 6.45) is 2.46. The van der Waals surface area contributed by atoms with Crippen LogP contribution in [0.5, 0.6) is 5.75 Å². The number of hydrogen-bond donors (Lipinski definition) is 1. The first-order chi connectivity index (χ1) is 9.20. The molecule has 0 saturated carbocycles. The maximum atomic E-state index is 5.52. The molecule has 19 heavy (non-hydrogen) atoms. The molecule has 0 aromatic heterocycles. The average Bonchev–Trinajstić information content (AvgIpc) is 2.45. The summed E-state index contributed by atoms with van der Waals surface area (Å²) in [7, 11) is 1.74. The van der Waals surface area contributed by atoms with Gasteiger partial charge in [0.2, 0.25) is 0 Å². The smallest absolute Gasteiger partial charge is 0.123 e. The van der Waals surface area contributed by atoms with Crippen molar-refractivity contribution < 1.29 is 9.47 Å². The van der Waals surface area contributed by atoms with Crippen molar-refractivity contribution in [2.45, 2.75) is 32.7 Å². The normalized spacial score (nSPS) is 21.1. The van der Waals surface area contributed by atoms with Gasteiger partial charge in [-0.25, -0.2) is 0 Å². The lowest BCUT2D eigenvalue weighted by Gasteiger charge is -2.25. The van der Waals surface area contributed by atoms with Crippen LogP contribution in [0.3, 0.4) is 0 Å². The molecule has 2 atom stereocenters. The molecule has 0 spiro atoms. The lowest BCUT2D eigenvalue weighted by atomic mass is 10.0. The zero-order chi connectivity index (χ0) is 13.7. The molecule has 1 aliphatic heterocycles. The van der Waals surface area contributed by atoms with E-state index in [0.29, 0.717) is 12.0 Å². The van der Waals surface area contributed by atoms with Gasteiger partial charge in [-0.15, -0.1) is 0 Å². The van der Waals surface area contributed by atoms with Crippen molar-refractivity contribution in [1.82, 2.24) is 5.32 Å². The molecular weight excluding hydrogens is 238 g/mol. The highest BCUT2D eigenvalue weighted by Gasteiger charge is 2.16. The highest BCUT2D eigenvalue weighted by Crippen LogP contribution is 2.26. The van der Waals surface area contributed by atoms with Crippen molar-refractivity contribution in [3.8, 4) is 5.75 Å². The Balaban J connectivity index is 1.93. The van der Waals surface area contributed by atoms with Gasteiger partial charge in [-0.1, -0.05) is 12.1 Å². The molecule has 1 fully saturated rings. The van der Waals surface area contributed by atoms with Crippen molar-refractivity contribution >= 4 is 0 Å². The molecular formula is C16H25NO2. The Hall–Kier alpha value is -1.06. The van der Waals surface area contributed by atoms with Crippen LogP contribution in [-0.2, 0) is 4.74 Å². The molecule has 0 amide bonds. The Labute approximate surface area is 116 Å². The number of ether oxygens (including phenoxy) is 2. The summed E-state index contributed by atoms with van der Waals surface area (Å²) < 4.78 is 11.0. The molecule has 1 aromatic rings. The first kappa shape index (κ1) is 14.4. The van der Waals surface area contributed by atoms with Gasteiger partial charge < -0.3 is 14.8 Å². The van der Waals surface area contributed by atoms with Crippen LogP contribution in [0.15, 0.2) is 18.2 Å². The molecule has 1 heterocycles. The average molecular weight is 263 g/mol. The van der Waals surface area contributed by atoms with E-state index < -0.39 is 0 Å². The summed E-state index contributed by atoms with van der Waals surface area (Å²) in [6.45, 7) is 7.11. The minimum absolute atomic E-state index is 0.303. The molecule has 0 bridgehead atoms. The third-order valence-corrected chi connectivity index (χ3v) is 3.82. The van der Waals surface area contributed by atoms with Gasteiger partial charge in [0.25, 0.3) is 0 Å². The first-order valence-corrected chi connectivity index (χ1v) is 7.16. The summed E-state index contributed by atoms with van der Waals surface area (Å²) >= 11 is 0. The molecule has 1 aliphatic rings. The largest absolute Gasteiger partial charge is 0.496 e. The van der Waals surface area contributed by atoms with Gasteiger partial charge in [0.05, 0.1) is 13.7 Å². The number of rotatable bonds is 5. The highest BCUT2D eigenvalue weighted by molar-refractivity contribution is 5.39. The predicted molar refractivity (Wildman–Crippen MR) is 77.7 cm³/mol. The number of methoxy groups -OCH3 is 1. The highest BCUT2D eigenvalue weighted by atomic mass is 16.5. The predicted octanol–water partition coefficient (Wildman–Crippen LogP) is 3.08. The van der Waals surface area contributed by atoms with Gasteiger partial charge in [0, 0.05) is 24.8 Å². The SMILES string of the molecule is COc1cc(C)ccc1C(C)NCC1CCCOC1. The molecule has 3 nitrogen and oxygen atoms in total. The summed E-state index contributed by atoms with van der Waals surface area (Å²) in [4.78, 5) is 0. The standard InChI is InChI=1S/C16H25NO2/c1-12-6-7-15(16(9-12)18-3)13(2)17-10-14-5-4-8-19-11-14/h6-7,9,13-14,17H,4-5,8,10-11H2,1-3H3. The van der Waals surface area contributed by atoms with E-state index in [-0.39, 0.29) is 0 Å². The topological polar surface area (TPSA) is 30.5 Å². The molecule has 3 heteroatoms. The van der Waals surface area contributed by atoms with E-state index in [1.807, 2.05) is 0 Å². The monoisotopic (exact) mass is 263 g/mol. The van der Waals surface area contributed by atoms with Crippen LogP contribution >= 0.6 is 0 Å². The van der Waals surface area contributed by atoms with Crippen molar-refractivity contribution in [3.63, 3.8) is 0 Å². The van der Waals surface area contributed by atoms with Crippen LogP contribution in [0.1, 0.15) is 36.9 Å². The van der Waals surface area contributed by atoms with Crippen molar-refractivity contribution in [2.24, 2.45) is 5.92 Å². The van der Waals surface area contributed by atoms with Crippen molar-refractivity contribution in [3.05, 3.63) is 29.3 Å². The second-order valence-electron chi connectivity index (χ2n) is 5.46. The fourth-order valence-corrected chi connectivity index (χ4v) is 2.60. The van der Waals surface area contributed by atoms with Crippen LogP contribution in [0.25, 0.3) is 0 Å². The Morgan fingerprint density at radius 1 is 1.47 bits per heavy atom. The molecule has 1 aromatic carbocycles. The van der Waals surface area contributed by atoms with E-state index in [2.05, 4.69) is 37.4 Å². The van der Waals surface area contributed by atoms with Gasteiger partial charge >= 0.3 is 0 Å². The maximum absolute atomic E-state index is 5.52. The van der Waals surface area contributed by atoms with E-state index in [0.717, 1.165) is 25.5 Å². The van der Waals surface area contributed by atoms with Gasteiger partial charge in [-0.3, -0.25) is 0 Å². The molecule has 0 aliphatic carbocycles. The van der Waals surface area contributed by atoms with Crippen LogP contribution in [0.4, 0.5) is 0 Å². The second-order valence-corrected chi connectivity index (χ2v) is 5.46. The number of hydrogen-bond acceptors (Lipinski definition) is 3. The van der Waals surface area contributed by atoms with E-state index in [9.17, 15) is 0 Å². The minimum atomic E-state index is 0.303. The Morgan fingerprint density at radius 2 is 2.32 bits per heavy atom. The fraction of sp³-hybridized carbons (Fsp3) is 0.625. The summed E-state index contributed by atoms with van der Waals surface area (Å²) in [5.74, 6) is 1.62. The van der Waals surface area contributed by atoms with Gasteiger partial charge in [0.1, 0.15) is 5.75 Å². The van der Waals surface area contributed by atoms with E-state index in [4.69, 9.17) is 9.47 Å². The quantitative estimate of drug-likeness (QED) is 0.885. The minimum Gasteiger partial charge on any atom is -0.496 e. The third kappa shape index (κ3) is 3.95. The molecule has 2 unspecified atom stereocenters. The molecule has 2 rings (SSSR count). The molecule has 0 radical (unpaired) electrons. The first-order valence-electron chi connectivity index (χ1n) is 7.16. The lowest BCUT2D eigenvalue weighted by Crippen LogP contribution is -2.31. The van der Waals surface area contributed by atoms with E-state index in [1.165, 1.54) is 24.0 Å². The molecule has 1 N–H and O–H groups in total. The Bertz CT molecular complexity index is 400. The summed E-state index contributed by atoms with van der Waals surface area (Å²) in [5.41, 5.74) is 2.46. The summed E-state index contributed by atoms with van der Waals surface area (Å²) in [6, 6.07) is 6.69. The fourth-order valence-electron chi connectivity index (χ4n) is 2.60. The zero-order valence-electron chi connectivity index (χ0n) is 12.2. The Kier molecular flexibility index (Phi) is 5.23. The second kappa shape index (κ2) is 6.92. The number of benzene rings is 1. The van der Waals surface area contributed by atoms with Crippen LogP contribution < -0.4 is 10.1 Å². The molecule has 1 saturated heterocycles.